The molecule has 4 heteroatoms. The normalized spacial score (nSPS) is 11.7. The number of para-hydroxylation sites is 5. The summed E-state index contributed by atoms with van der Waals surface area (Å²) in [6.07, 6.45) is 0. The van der Waals surface area contributed by atoms with Gasteiger partial charge in [-0.05, 0) is 191 Å². The van der Waals surface area contributed by atoms with Crippen LogP contribution in [-0.4, -0.2) is 9.13 Å². The number of rotatable bonds is 13. The van der Waals surface area contributed by atoms with Gasteiger partial charge in [-0.25, -0.2) is 0 Å². The molecule has 2 aromatic heterocycles. The van der Waals surface area contributed by atoms with Gasteiger partial charge in [0.1, 0.15) is 0 Å². The first-order valence-corrected chi connectivity index (χ1v) is 37.2. The Morgan fingerprint density at radius 3 is 1.18 bits per heavy atom. The summed E-state index contributed by atoms with van der Waals surface area (Å²) in [5.74, 6) is 0. The smallest absolute Gasteiger partial charge is 0.0547 e. The molecule has 19 aromatic carbocycles. The Labute approximate surface area is 626 Å². The zero-order valence-corrected chi connectivity index (χ0v) is 59.0. The van der Waals surface area contributed by atoms with Crippen LogP contribution in [0.1, 0.15) is 0 Å². The van der Waals surface area contributed by atoms with Crippen molar-refractivity contribution in [2.75, 3.05) is 9.80 Å². The standard InChI is InChI=1S/C104H68N4/c1-2-36-80(37-3-1)105-98-50-18-14-44-92(98)103-88(46-24-54-100(103)105)78-35-21-33-76(66-78)87-41-13-17-49-96(87)108(97-53-23-31-72-28-7-9-39-85(72)97)102-68-79-64-74(59-63-83(79)90-42-10-11-43-91(90)102)70-56-60-81(61-57-70)106-99-51-19-15-45-93(99)104-89(47-25-55-101(104)106)77-34-20-32-75(65-77)86-40-12-16-48-94(86)107(82-62-58-69-26-4-5-29-73(69)67-82)95-52-22-30-71-27-6-8-38-84(71)95/h1-68H. The van der Waals surface area contributed by atoms with Crippen molar-refractivity contribution in [3.05, 3.63) is 413 Å². The number of fused-ring (bicyclic) bond motifs is 12. The summed E-state index contributed by atoms with van der Waals surface area (Å²) in [4.78, 5) is 4.98. The maximum Gasteiger partial charge on any atom is 0.0547 e. The molecule has 0 saturated carbocycles. The summed E-state index contributed by atoms with van der Waals surface area (Å²) in [6, 6.07) is 152. The van der Waals surface area contributed by atoms with E-state index < -0.39 is 0 Å². The summed E-state index contributed by atoms with van der Waals surface area (Å²) < 4.78 is 4.85. The molecule has 0 bridgehead atoms. The average molecular weight is 1370 g/mol. The van der Waals surface area contributed by atoms with Crippen LogP contribution in [0.5, 0.6) is 0 Å². The largest absolute Gasteiger partial charge is 0.309 e. The summed E-state index contributed by atoms with van der Waals surface area (Å²) in [7, 11) is 0. The Bertz CT molecular complexity index is 7130. The van der Waals surface area contributed by atoms with Crippen LogP contribution in [0.15, 0.2) is 413 Å². The molecule has 0 atom stereocenters. The quantitative estimate of drug-likeness (QED) is 0.107. The molecule has 0 unspecified atom stereocenters. The third-order valence-electron chi connectivity index (χ3n) is 22.2. The third-order valence-corrected chi connectivity index (χ3v) is 22.2. The van der Waals surface area contributed by atoms with Crippen LogP contribution in [0, 0.1) is 0 Å². The van der Waals surface area contributed by atoms with Crippen molar-refractivity contribution in [2.45, 2.75) is 0 Å². The second-order valence-electron chi connectivity index (χ2n) is 28.3. The molecule has 0 fully saturated rings. The average Bonchev–Trinajstić information content (AvgIpc) is 1.36. The fourth-order valence-corrected chi connectivity index (χ4v) is 17.4. The van der Waals surface area contributed by atoms with Gasteiger partial charge in [0.05, 0.1) is 50.5 Å². The van der Waals surface area contributed by atoms with E-state index in [4.69, 9.17) is 0 Å². The molecular formula is C104H68N4. The zero-order chi connectivity index (χ0) is 71.2. The van der Waals surface area contributed by atoms with Crippen molar-refractivity contribution in [2.24, 2.45) is 0 Å². The molecule has 0 amide bonds. The Balaban J connectivity index is 0.661. The van der Waals surface area contributed by atoms with E-state index in [9.17, 15) is 0 Å². The van der Waals surface area contributed by atoms with Crippen molar-refractivity contribution in [1.82, 2.24) is 9.13 Å². The van der Waals surface area contributed by atoms with Gasteiger partial charge >= 0.3 is 0 Å². The predicted octanol–water partition coefficient (Wildman–Crippen LogP) is 28.9. The van der Waals surface area contributed by atoms with Gasteiger partial charge in [-0.15, -0.1) is 0 Å². The van der Waals surface area contributed by atoms with Crippen LogP contribution < -0.4 is 9.80 Å². The number of aromatic nitrogens is 2. The van der Waals surface area contributed by atoms with Crippen LogP contribution in [0.2, 0.25) is 0 Å². The molecule has 0 radical (unpaired) electrons. The van der Waals surface area contributed by atoms with Crippen molar-refractivity contribution in [3.63, 3.8) is 0 Å². The minimum atomic E-state index is 1.09. The summed E-state index contributed by atoms with van der Waals surface area (Å²) in [5, 5.41) is 16.8. The molecule has 21 rings (SSSR count). The second kappa shape index (κ2) is 25.8. The fraction of sp³-hybridized carbons (Fsp3) is 0. The molecule has 0 aliphatic carbocycles. The van der Waals surface area contributed by atoms with E-state index in [1.807, 2.05) is 0 Å². The highest BCUT2D eigenvalue weighted by Crippen LogP contribution is 2.51. The van der Waals surface area contributed by atoms with Crippen molar-refractivity contribution >= 4 is 132 Å². The number of benzene rings is 19. The number of anilines is 6. The highest BCUT2D eigenvalue weighted by Gasteiger charge is 2.26. The van der Waals surface area contributed by atoms with Gasteiger partial charge in [0.25, 0.3) is 0 Å². The predicted molar refractivity (Wildman–Crippen MR) is 459 cm³/mol. The first-order chi connectivity index (χ1) is 53.6. The SMILES string of the molecule is c1ccc(-n2c3ccccc3c3c(-c4cccc(-c5ccccc5N(c5cccc6ccccc56)c5cc6cc(-c7ccc(-n8c9ccccc9c9c(-c%10cccc(-c%11ccccc%11N(c%11ccc%12ccccc%12c%11)c%11cccc%12ccccc%11%12)c%10)cccc98)cc7)ccc6c6ccccc56)c4)cccc32)cc1. The summed E-state index contributed by atoms with van der Waals surface area (Å²) in [5.41, 5.74) is 25.1. The highest BCUT2D eigenvalue weighted by atomic mass is 15.2. The van der Waals surface area contributed by atoms with Crippen LogP contribution in [0.25, 0.3) is 164 Å². The monoisotopic (exact) mass is 1370 g/mol. The Kier molecular flexibility index (Phi) is 14.9. The zero-order valence-electron chi connectivity index (χ0n) is 59.0. The minimum absolute atomic E-state index is 1.09. The molecular weight excluding hydrogens is 1310 g/mol. The van der Waals surface area contributed by atoms with E-state index in [2.05, 4.69) is 431 Å². The Morgan fingerprint density at radius 1 is 0.167 bits per heavy atom. The molecule has 108 heavy (non-hydrogen) atoms. The first kappa shape index (κ1) is 62.3. The van der Waals surface area contributed by atoms with Crippen molar-refractivity contribution < 1.29 is 0 Å². The molecule has 504 valence electrons. The topological polar surface area (TPSA) is 16.3 Å². The lowest BCUT2D eigenvalue weighted by Crippen LogP contribution is -2.12. The number of hydrogen-bond acceptors (Lipinski definition) is 2. The molecule has 0 saturated heterocycles. The van der Waals surface area contributed by atoms with Gasteiger partial charge in [-0.1, -0.05) is 303 Å². The van der Waals surface area contributed by atoms with Crippen LogP contribution in [0.3, 0.4) is 0 Å². The highest BCUT2D eigenvalue weighted by molar-refractivity contribution is 6.20. The van der Waals surface area contributed by atoms with E-state index in [1.165, 1.54) is 92.2 Å². The Morgan fingerprint density at radius 2 is 0.574 bits per heavy atom. The molecule has 4 nitrogen and oxygen atoms in total. The number of nitrogens with zero attached hydrogens (tertiary/aromatic N) is 4. The molecule has 21 aromatic rings. The molecule has 0 N–H and O–H groups in total. The first-order valence-electron chi connectivity index (χ1n) is 37.2. The van der Waals surface area contributed by atoms with Crippen LogP contribution >= 0.6 is 0 Å². The van der Waals surface area contributed by atoms with Gasteiger partial charge in [-0.2, -0.15) is 0 Å². The lowest BCUT2D eigenvalue weighted by Gasteiger charge is -2.30. The van der Waals surface area contributed by atoms with E-state index >= 15 is 0 Å². The van der Waals surface area contributed by atoms with E-state index in [-0.39, 0.29) is 0 Å². The maximum absolute atomic E-state index is 2.53. The molecule has 0 aliphatic heterocycles. The minimum Gasteiger partial charge on any atom is -0.309 e. The molecule has 2 heterocycles. The lowest BCUT2D eigenvalue weighted by molar-refractivity contribution is 1.18. The van der Waals surface area contributed by atoms with Crippen LogP contribution in [0.4, 0.5) is 34.1 Å². The Hall–Kier alpha value is -14.3. The summed E-state index contributed by atoms with van der Waals surface area (Å²) in [6.45, 7) is 0. The lowest BCUT2D eigenvalue weighted by atomic mass is 9.93. The van der Waals surface area contributed by atoms with Crippen molar-refractivity contribution in [3.8, 4) is 67.0 Å². The van der Waals surface area contributed by atoms with Gasteiger partial charge in [-0.3, -0.25) is 0 Å². The maximum atomic E-state index is 2.53. The van der Waals surface area contributed by atoms with E-state index in [0.29, 0.717) is 0 Å². The third kappa shape index (κ3) is 10.4. The number of hydrogen-bond donors (Lipinski definition) is 0. The van der Waals surface area contributed by atoms with E-state index in [0.717, 1.165) is 106 Å². The van der Waals surface area contributed by atoms with Crippen LogP contribution in [-0.2, 0) is 0 Å². The fourth-order valence-electron chi connectivity index (χ4n) is 17.4. The van der Waals surface area contributed by atoms with E-state index in [1.54, 1.807) is 0 Å². The van der Waals surface area contributed by atoms with Crippen molar-refractivity contribution in [1.29, 1.82) is 0 Å². The van der Waals surface area contributed by atoms with Gasteiger partial charge in [0.15, 0.2) is 0 Å². The second-order valence-corrected chi connectivity index (χ2v) is 28.3. The van der Waals surface area contributed by atoms with Gasteiger partial charge in [0.2, 0.25) is 0 Å². The molecule has 0 spiro atoms. The molecule has 0 aliphatic rings. The van der Waals surface area contributed by atoms with Gasteiger partial charge in [0, 0.05) is 65.9 Å². The van der Waals surface area contributed by atoms with Gasteiger partial charge < -0.3 is 18.9 Å². The summed E-state index contributed by atoms with van der Waals surface area (Å²) >= 11 is 0.